The Hall–Kier alpha value is -2.66. The molecule has 2 aromatic carbocycles. The highest BCUT2D eigenvalue weighted by molar-refractivity contribution is 5.78. The fourth-order valence-corrected chi connectivity index (χ4v) is 2.70. The summed E-state index contributed by atoms with van der Waals surface area (Å²) < 4.78 is 5.38. The van der Waals surface area contributed by atoms with Gasteiger partial charge in [-0.05, 0) is 36.8 Å². The minimum Gasteiger partial charge on any atom is -0.380 e. The van der Waals surface area contributed by atoms with Gasteiger partial charge in [0.1, 0.15) is 0 Å². The maximum Gasteiger partial charge on any atom is 0.227 e. The molecule has 3 aromatic rings. The molecule has 5 nitrogen and oxygen atoms in total. The van der Waals surface area contributed by atoms with Gasteiger partial charge >= 0.3 is 0 Å². The molecule has 2 heterocycles. The van der Waals surface area contributed by atoms with Crippen LogP contribution in [-0.4, -0.2) is 29.2 Å². The molecule has 1 aliphatic rings. The van der Waals surface area contributed by atoms with E-state index >= 15 is 0 Å². The second-order valence-corrected chi connectivity index (χ2v) is 5.66. The topological polar surface area (TPSA) is 59.1 Å². The molecule has 1 unspecified atom stereocenters. The lowest BCUT2D eigenvalue weighted by molar-refractivity contribution is 0.195. The van der Waals surface area contributed by atoms with E-state index in [1.54, 1.807) is 0 Å². The Kier molecular flexibility index (Phi) is 3.78. The van der Waals surface area contributed by atoms with Crippen molar-refractivity contribution >= 4 is 28.2 Å². The van der Waals surface area contributed by atoms with Crippen LogP contribution in [0.2, 0.25) is 0 Å². The summed E-state index contributed by atoms with van der Waals surface area (Å²) in [4.78, 5) is 8.88. The van der Waals surface area contributed by atoms with Gasteiger partial charge in [-0.3, -0.25) is 0 Å². The molecule has 1 aromatic heterocycles. The van der Waals surface area contributed by atoms with Gasteiger partial charge in [-0.1, -0.05) is 18.2 Å². The summed E-state index contributed by atoms with van der Waals surface area (Å²) in [5, 5.41) is 7.75. The van der Waals surface area contributed by atoms with E-state index in [1.807, 2.05) is 42.6 Å². The zero-order valence-electron chi connectivity index (χ0n) is 12.7. The van der Waals surface area contributed by atoms with E-state index < -0.39 is 0 Å². The van der Waals surface area contributed by atoms with Crippen molar-refractivity contribution in [3.8, 4) is 0 Å². The van der Waals surface area contributed by atoms with Crippen molar-refractivity contribution in [2.24, 2.45) is 0 Å². The molecular formula is C18H18N4O. The van der Waals surface area contributed by atoms with Crippen molar-refractivity contribution in [2.75, 3.05) is 23.8 Å². The van der Waals surface area contributed by atoms with Crippen LogP contribution >= 0.6 is 0 Å². The number of rotatable bonds is 4. The van der Waals surface area contributed by atoms with Gasteiger partial charge in [0.05, 0.1) is 18.2 Å². The molecule has 0 radical (unpaired) electrons. The first-order chi connectivity index (χ1) is 11.4. The van der Waals surface area contributed by atoms with Gasteiger partial charge in [-0.2, -0.15) is 0 Å². The van der Waals surface area contributed by atoms with Crippen LogP contribution < -0.4 is 10.6 Å². The Morgan fingerprint density at radius 2 is 1.83 bits per heavy atom. The number of aromatic nitrogens is 2. The van der Waals surface area contributed by atoms with Crippen LogP contribution in [0.15, 0.2) is 54.7 Å². The number of nitrogens with zero attached hydrogens (tertiary/aromatic N) is 2. The molecule has 1 aliphatic heterocycles. The molecule has 0 spiro atoms. The molecule has 23 heavy (non-hydrogen) atoms. The highest BCUT2D eigenvalue weighted by Gasteiger charge is 2.14. The zero-order chi connectivity index (χ0) is 15.5. The smallest absolute Gasteiger partial charge is 0.227 e. The van der Waals surface area contributed by atoms with E-state index in [9.17, 15) is 0 Å². The Bertz CT molecular complexity index is 797. The van der Waals surface area contributed by atoms with E-state index in [0.29, 0.717) is 12.0 Å². The second kappa shape index (κ2) is 6.22. The number of benzene rings is 2. The molecule has 0 bridgehead atoms. The molecule has 2 N–H and O–H groups in total. The maximum absolute atomic E-state index is 5.38. The summed E-state index contributed by atoms with van der Waals surface area (Å²) in [6.45, 7) is 1.63. The number of ether oxygens (including phenoxy) is 1. The van der Waals surface area contributed by atoms with Gasteiger partial charge in [0.15, 0.2) is 0 Å². The minimum atomic E-state index is 0.414. The van der Waals surface area contributed by atoms with E-state index in [2.05, 4.69) is 32.7 Å². The molecule has 116 valence electrons. The molecule has 1 saturated heterocycles. The minimum absolute atomic E-state index is 0.414. The highest BCUT2D eigenvalue weighted by Crippen LogP contribution is 2.20. The molecule has 1 atom stereocenters. The fourth-order valence-electron chi connectivity index (χ4n) is 2.70. The van der Waals surface area contributed by atoms with Crippen molar-refractivity contribution in [2.45, 2.75) is 12.5 Å². The quantitative estimate of drug-likeness (QED) is 0.771. The largest absolute Gasteiger partial charge is 0.380 e. The molecule has 5 heteroatoms. The normalized spacial score (nSPS) is 17.3. The Balaban J connectivity index is 1.46. The third kappa shape index (κ3) is 3.24. The number of hydrogen-bond acceptors (Lipinski definition) is 5. The predicted molar refractivity (Wildman–Crippen MR) is 92.1 cm³/mol. The first-order valence-electron chi connectivity index (χ1n) is 7.80. The van der Waals surface area contributed by atoms with Crippen molar-refractivity contribution in [1.82, 2.24) is 9.97 Å². The van der Waals surface area contributed by atoms with Gasteiger partial charge < -0.3 is 15.4 Å². The molecule has 0 aliphatic carbocycles. The lowest BCUT2D eigenvalue weighted by Crippen LogP contribution is -2.18. The molecule has 0 saturated carbocycles. The van der Waals surface area contributed by atoms with Crippen molar-refractivity contribution in [3.05, 3.63) is 54.7 Å². The number of fused-ring (bicyclic) bond motifs is 1. The van der Waals surface area contributed by atoms with Crippen molar-refractivity contribution in [1.29, 1.82) is 0 Å². The Labute approximate surface area is 134 Å². The number of hydrogen-bond donors (Lipinski definition) is 2. The molecule has 0 amide bonds. The van der Waals surface area contributed by atoms with Crippen LogP contribution in [0.3, 0.4) is 0 Å². The second-order valence-electron chi connectivity index (χ2n) is 5.66. The average molecular weight is 306 g/mol. The van der Waals surface area contributed by atoms with Crippen LogP contribution in [-0.2, 0) is 4.74 Å². The zero-order valence-corrected chi connectivity index (χ0v) is 12.7. The average Bonchev–Trinajstić information content (AvgIpc) is 3.10. The van der Waals surface area contributed by atoms with Gasteiger partial charge in [-0.15, -0.1) is 0 Å². The number of para-hydroxylation sites is 1. The monoisotopic (exact) mass is 306 g/mol. The maximum atomic E-state index is 5.38. The fraction of sp³-hybridized carbons (Fsp3) is 0.222. The third-order valence-electron chi connectivity index (χ3n) is 3.93. The summed E-state index contributed by atoms with van der Waals surface area (Å²) in [5.41, 5.74) is 3.00. The van der Waals surface area contributed by atoms with E-state index in [1.165, 1.54) is 0 Å². The van der Waals surface area contributed by atoms with Crippen molar-refractivity contribution < 1.29 is 4.74 Å². The molecule has 1 fully saturated rings. The first-order valence-corrected chi connectivity index (χ1v) is 7.80. The van der Waals surface area contributed by atoms with Gasteiger partial charge in [0, 0.05) is 29.6 Å². The van der Waals surface area contributed by atoms with Crippen LogP contribution in [0.1, 0.15) is 6.42 Å². The molecular weight excluding hydrogens is 288 g/mol. The van der Waals surface area contributed by atoms with E-state index in [0.717, 1.165) is 41.9 Å². The third-order valence-corrected chi connectivity index (χ3v) is 3.93. The molecule has 4 rings (SSSR count). The highest BCUT2D eigenvalue weighted by atomic mass is 16.5. The van der Waals surface area contributed by atoms with Gasteiger partial charge in [0.2, 0.25) is 5.95 Å². The van der Waals surface area contributed by atoms with Crippen LogP contribution in [0.4, 0.5) is 17.3 Å². The van der Waals surface area contributed by atoms with Crippen molar-refractivity contribution in [3.63, 3.8) is 0 Å². The van der Waals surface area contributed by atoms with E-state index in [4.69, 9.17) is 4.74 Å². The van der Waals surface area contributed by atoms with Gasteiger partial charge in [-0.25, -0.2) is 9.97 Å². The van der Waals surface area contributed by atoms with Crippen LogP contribution in [0, 0.1) is 0 Å². The standard InChI is InChI=1S/C18H18N4O/c1-2-4-17-13(3-1)11-19-18(22-17)21-15-7-5-14(6-8-15)20-16-9-10-23-12-16/h1-8,11,16,20H,9-10,12H2,(H,19,21,22). The SMILES string of the molecule is c1ccc2nc(Nc3ccc(NC4CCOC4)cc3)ncc2c1. The van der Waals surface area contributed by atoms with E-state index in [-0.39, 0.29) is 0 Å². The van der Waals surface area contributed by atoms with Crippen LogP contribution in [0.25, 0.3) is 10.9 Å². The summed E-state index contributed by atoms with van der Waals surface area (Å²) in [7, 11) is 0. The summed E-state index contributed by atoms with van der Waals surface area (Å²) >= 11 is 0. The predicted octanol–water partition coefficient (Wildman–Crippen LogP) is 3.57. The van der Waals surface area contributed by atoms with Gasteiger partial charge in [0.25, 0.3) is 0 Å². The summed E-state index contributed by atoms with van der Waals surface area (Å²) in [5.74, 6) is 0.605. The lowest BCUT2D eigenvalue weighted by atomic mass is 10.2. The number of nitrogens with one attached hydrogen (secondary N) is 2. The Morgan fingerprint density at radius 3 is 2.65 bits per heavy atom. The Morgan fingerprint density at radius 1 is 1.00 bits per heavy atom. The number of anilines is 3. The van der Waals surface area contributed by atoms with Crippen LogP contribution in [0.5, 0.6) is 0 Å². The summed E-state index contributed by atoms with van der Waals surface area (Å²) in [6.07, 6.45) is 2.89. The first kappa shape index (κ1) is 14.0. The summed E-state index contributed by atoms with van der Waals surface area (Å²) in [6, 6.07) is 16.5. The lowest BCUT2D eigenvalue weighted by Gasteiger charge is -2.13.